The first-order valence-electron chi connectivity index (χ1n) is 7.87. The van der Waals surface area contributed by atoms with Gasteiger partial charge in [-0.2, -0.15) is 0 Å². The van der Waals surface area contributed by atoms with Gasteiger partial charge >= 0.3 is 0 Å². The van der Waals surface area contributed by atoms with Gasteiger partial charge in [-0.3, -0.25) is 0 Å². The van der Waals surface area contributed by atoms with Crippen molar-refractivity contribution in [3.05, 3.63) is 71.0 Å². The molecule has 2 aromatic rings. The molecule has 1 N–H and O–H groups in total. The van der Waals surface area contributed by atoms with Gasteiger partial charge in [0.05, 0.1) is 6.04 Å². The maximum Gasteiger partial charge on any atom is 0.128 e. The van der Waals surface area contributed by atoms with Gasteiger partial charge in [0.25, 0.3) is 0 Å². The lowest BCUT2D eigenvalue weighted by Gasteiger charge is -2.26. The number of hydrogen-bond acceptors (Lipinski definition) is 1. The Hall–Kier alpha value is -1.67. The zero-order chi connectivity index (χ0) is 14.7. The molecule has 21 heavy (non-hydrogen) atoms. The first-order valence-corrected chi connectivity index (χ1v) is 7.87. The summed E-state index contributed by atoms with van der Waals surface area (Å²) in [5.74, 6) is 0.594. The molecule has 0 heterocycles. The monoisotopic (exact) mass is 283 g/mol. The number of nitrogens with one attached hydrogen (secondary N) is 1. The standard InChI is InChI=1S/C19H22FN/c1-2-21-19(17-8-3-4-9-18(17)20)16-12-10-15(11-13-16)14-6-5-7-14/h3-4,8-14,19,21H,2,5-7H2,1H3. The molecule has 1 nitrogen and oxygen atoms in total. The second-order valence-electron chi connectivity index (χ2n) is 5.81. The summed E-state index contributed by atoms with van der Waals surface area (Å²) in [7, 11) is 0. The molecular formula is C19H22FN. The minimum absolute atomic E-state index is 0.0772. The third kappa shape index (κ3) is 3.01. The van der Waals surface area contributed by atoms with Crippen LogP contribution in [0.1, 0.15) is 54.8 Å². The van der Waals surface area contributed by atoms with E-state index in [1.54, 1.807) is 6.07 Å². The highest BCUT2D eigenvalue weighted by atomic mass is 19.1. The fraction of sp³-hybridized carbons (Fsp3) is 0.368. The van der Waals surface area contributed by atoms with Crippen LogP contribution in [0.5, 0.6) is 0 Å². The van der Waals surface area contributed by atoms with Crippen molar-refractivity contribution in [1.82, 2.24) is 5.32 Å². The van der Waals surface area contributed by atoms with Crippen LogP contribution in [0, 0.1) is 5.82 Å². The lowest BCUT2D eigenvalue weighted by atomic mass is 9.79. The third-order valence-corrected chi connectivity index (χ3v) is 4.47. The van der Waals surface area contributed by atoms with Crippen molar-refractivity contribution in [2.45, 2.75) is 38.1 Å². The van der Waals surface area contributed by atoms with Gasteiger partial charge in [-0.05, 0) is 42.5 Å². The molecule has 1 aliphatic rings. The molecule has 0 amide bonds. The van der Waals surface area contributed by atoms with E-state index in [9.17, 15) is 4.39 Å². The topological polar surface area (TPSA) is 12.0 Å². The predicted molar refractivity (Wildman–Crippen MR) is 85.0 cm³/mol. The summed E-state index contributed by atoms with van der Waals surface area (Å²) in [6, 6.07) is 15.7. The van der Waals surface area contributed by atoms with Crippen molar-refractivity contribution in [2.75, 3.05) is 6.54 Å². The maximum absolute atomic E-state index is 14.1. The molecule has 0 radical (unpaired) electrons. The van der Waals surface area contributed by atoms with Crippen LogP contribution >= 0.6 is 0 Å². The first-order chi connectivity index (χ1) is 10.3. The van der Waals surface area contributed by atoms with E-state index in [0.717, 1.165) is 23.6 Å². The van der Waals surface area contributed by atoms with Crippen LogP contribution in [0.25, 0.3) is 0 Å². The van der Waals surface area contributed by atoms with Gasteiger partial charge in [0.15, 0.2) is 0 Å². The fourth-order valence-corrected chi connectivity index (χ4v) is 3.02. The van der Waals surface area contributed by atoms with E-state index in [2.05, 4.69) is 36.5 Å². The highest BCUT2D eigenvalue weighted by Gasteiger charge is 2.21. The van der Waals surface area contributed by atoms with Crippen LogP contribution in [-0.2, 0) is 0 Å². The van der Waals surface area contributed by atoms with Crippen molar-refractivity contribution in [1.29, 1.82) is 0 Å². The van der Waals surface area contributed by atoms with E-state index in [1.807, 2.05) is 12.1 Å². The summed E-state index contributed by atoms with van der Waals surface area (Å²) in [6.07, 6.45) is 3.97. The highest BCUT2D eigenvalue weighted by Crippen LogP contribution is 2.37. The Balaban J connectivity index is 1.88. The predicted octanol–water partition coefficient (Wildman–Crippen LogP) is 4.79. The molecule has 3 rings (SSSR count). The summed E-state index contributed by atoms with van der Waals surface area (Å²) in [6.45, 7) is 2.86. The van der Waals surface area contributed by atoms with Crippen LogP contribution in [-0.4, -0.2) is 6.54 Å². The number of hydrogen-bond donors (Lipinski definition) is 1. The average Bonchev–Trinajstić information content (AvgIpc) is 2.45. The smallest absolute Gasteiger partial charge is 0.128 e. The largest absolute Gasteiger partial charge is 0.306 e. The second kappa shape index (κ2) is 6.40. The molecule has 0 aromatic heterocycles. The van der Waals surface area contributed by atoms with E-state index in [4.69, 9.17) is 0 Å². The van der Waals surface area contributed by atoms with Gasteiger partial charge in [0.1, 0.15) is 5.82 Å². The van der Waals surface area contributed by atoms with Gasteiger partial charge in [0.2, 0.25) is 0 Å². The van der Waals surface area contributed by atoms with Crippen LogP contribution in [0.2, 0.25) is 0 Å². The lowest BCUT2D eigenvalue weighted by molar-refractivity contribution is 0.419. The minimum Gasteiger partial charge on any atom is -0.306 e. The molecule has 1 saturated carbocycles. The zero-order valence-corrected chi connectivity index (χ0v) is 12.5. The molecule has 0 saturated heterocycles. The van der Waals surface area contributed by atoms with Gasteiger partial charge in [-0.1, -0.05) is 55.8 Å². The molecule has 0 bridgehead atoms. The van der Waals surface area contributed by atoms with Gasteiger partial charge in [0, 0.05) is 5.56 Å². The van der Waals surface area contributed by atoms with Crippen LogP contribution < -0.4 is 5.32 Å². The number of halogens is 1. The first kappa shape index (κ1) is 14.3. The molecule has 0 aliphatic heterocycles. The molecule has 2 heteroatoms. The van der Waals surface area contributed by atoms with E-state index >= 15 is 0 Å². The Labute approximate surface area is 126 Å². The van der Waals surface area contributed by atoms with Crippen molar-refractivity contribution in [3.8, 4) is 0 Å². The Morgan fingerprint density at radius 2 is 1.81 bits per heavy atom. The molecule has 1 aliphatic carbocycles. The lowest BCUT2D eigenvalue weighted by Crippen LogP contribution is -2.23. The van der Waals surface area contributed by atoms with E-state index in [-0.39, 0.29) is 11.9 Å². The van der Waals surface area contributed by atoms with Crippen LogP contribution in [0.4, 0.5) is 4.39 Å². The molecule has 1 atom stereocenters. The van der Waals surface area contributed by atoms with Crippen LogP contribution in [0.3, 0.4) is 0 Å². The summed E-state index contributed by atoms with van der Waals surface area (Å²) in [5, 5.41) is 3.39. The Morgan fingerprint density at radius 3 is 2.38 bits per heavy atom. The van der Waals surface area contributed by atoms with Crippen molar-refractivity contribution >= 4 is 0 Å². The summed E-state index contributed by atoms with van der Waals surface area (Å²) >= 11 is 0. The van der Waals surface area contributed by atoms with E-state index < -0.39 is 0 Å². The number of rotatable bonds is 5. The Kier molecular flexibility index (Phi) is 4.35. The van der Waals surface area contributed by atoms with E-state index in [1.165, 1.54) is 30.9 Å². The van der Waals surface area contributed by atoms with Crippen molar-refractivity contribution in [2.24, 2.45) is 0 Å². The highest BCUT2D eigenvalue weighted by molar-refractivity contribution is 5.35. The summed E-state index contributed by atoms with van der Waals surface area (Å²) in [4.78, 5) is 0. The third-order valence-electron chi connectivity index (χ3n) is 4.47. The average molecular weight is 283 g/mol. The minimum atomic E-state index is -0.147. The number of benzene rings is 2. The van der Waals surface area contributed by atoms with Gasteiger partial charge < -0.3 is 5.32 Å². The van der Waals surface area contributed by atoms with Crippen LogP contribution in [0.15, 0.2) is 48.5 Å². The Bertz CT molecular complexity index is 587. The van der Waals surface area contributed by atoms with Gasteiger partial charge in [-0.15, -0.1) is 0 Å². The second-order valence-corrected chi connectivity index (χ2v) is 5.81. The molecule has 1 unspecified atom stereocenters. The summed E-state index contributed by atoms with van der Waals surface area (Å²) in [5.41, 5.74) is 3.27. The molecule has 1 fully saturated rings. The summed E-state index contributed by atoms with van der Waals surface area (Å²) < 4.78 is 14.1. The van der Waals surface area contributed by atoms with Gasteiger partial charge in [-0.25, -0.2) is 4.39 Å². The van der Waals surface area contributed by atoms with Crippen molar-refractivity contribution < 1.29 is 4.39 Å². The SMILES string of the molecule is CCNC(c1ccc(C2CCC2)cc1)c1ccccc1F. The van der Waals surface area contributed by atoms with E-state index in [0.29, 0.717) is 0 Å². The Morgan fingerprint density at radius 1 is 1.10 bits per heavy atom. The molecule has 2 aromatic carbocycles. The fourth-order valence-electron chi connectivity index (χ4n) is 3.02. The molecule has 0 spiro atoms. The molecule has 110 valence electrons. The quantitative estimate of drug-likeness (QED) is 0.831. The zero-order valence-electron chi connectivity index (χ0n) is 12.5. The maximum atomic E-state index is 14.1. The normalized spacial score (nSPS) is 16.5. The molecular weight excluding hydrogens is 261 g/mol. The van der Waals surface area contributed by atoms with Crippen molar-refractivity contribution in [3.63, 3.8) is 0 Å².